The maximum absolute atomic E-state index is 9.04. The number of aliphatic hydroxyl groups excluding tert-OH is 1. The molecule has 0 unspecified atom stereocenters. The van der Waals surface area contributed by atoms with Crippen LogP contribution < -0.4 is 9.64 Å². The van der Waals surface area contributed by atoms with E-state index in [1.54, 1.807) is 6.07 Å². The molecule has 2 aromatic heterocycles. The lowest BCUT2D eigenvalue weighted by atomic mass is 10.1. The highest BCUT2D eigenvalue weighted by molar-refractivity contribution is 5.51. The van der Waals surface area contributed by atoms with E-state index in [4.69, 9.17) is 14.4 Å². The zero-order valence-corrected chi connectivity index (χ0v) is 11.8. The number of aliphatic hydroxyl groups is 1. The van der Waals surface area contributed by atoms with Gasteiger partial charge in [0.05, 0.1) is 7.11 Å². The molecule has 1 saturated heterocycles. The Balaban J connectivity index is 1.95. The van der Waals surface area contributed by atoms with Crippen LogP contribution in [0.2, 0.25) is 0 Å². The summed E-state index contributed by atoms with van der Waals surface area (Å²) < 4.78 is 10.1. The average Bonchev–Trinajstić information content (AvgIpc) is 3.04. The second-order valence-corrected chi connectivity index (χ2v) is 4.83. The standard InChI is InChI=1S/C13H17N5O3/c1-20-13-15-11(10-7-9(8-19)21-17-10)14-12(16-13)18-5-3-2-4-6-18/h7,19H,2-6,8H2,1H3. The molecule has 0 saturated carbocycles. The second-order valence-electron chi connectivity index (χ2n) is 4.83. The number of piperidine rings is 1. The van der Waals surface area contributed by atoms with Gasteiger partial charge in [0.15, 0.2) is 17.3 Å². The van der Waals surface area contributed by atoms with E-state index in [-0.39, 0.29) is 12.6 Å². The molecule has 8 nitrogen and oxygen atoms in total. The van der Waals surface area contributed by atoms with Gasteiger partial charge in [0.25, 0.3) is 0 Å². The molecule has 1 N–H and O–H groups in total. The molecule has 112 valence electrons. The summed E-state index contributed by atoms with van der Waals surface area (Å²) in [6.07, 6.45) is 3.48. The summed E-state index contributed by atoms with van der Waals surface area (Å²) in [5.74, 6) is 1.33. The van der Waals surface area contributed by atoms with Gasteiger partial charge in [0, 0.05) is 19.2 Å². The molecule has 0 bridgehead atoms. The normalized spacial score (nSPS) is 15.2. The molecular weight excluding hydrogens is 274 g/mol. The number of nitrogens with zero attached hydrogens (tertiary/aromatic N) is 5. The van der Waals surface area contributed by atoms with Gasteiger partial charge in [-0.25, -0.2) is 0 Å². The van der Waals surface area contributed by atoms with Crippen LogP contribution in [0.5, 0.6) is 6.01 Å². The van der Waals surface area contributed by atoms with Crippen LogP contribution in [0.1, 0.15) is 25.0 Å². The van der Waals surface area contributed by atoms with E-state index in [0.29, 0.717) is 23.2 Å². The largest absolute Gasteiger partial charge is 0.467 e. The Morgan fingerprint density at radius 1 is 1.24 bits per heavy atom. The fourth-order valence-corrected chi connectivity index (χ4v) is 2.28. The summed E-state index contributed by atoms with van der Waals surface area (Å²) in [5.41, 5.74) is 0.456. The minimum Gasteiger partial charge on any atom is -0.467 e. The Hall–Kier alpha value is -2.22. The molecular formula is C13H17N5O3. The summed E-state index contributed by atoms with van der Waals surface area (Å²) in [5, 5.41) is 12.9. The summed E-state index contributed by atoms with van der Waals surface area (Å²) in [4.78, 5) is 15.0. The molecule has 0 amide bonds. The summed E-state index contributed by atoms with van der Waals surface area (Å²) in [6, 6.07) is 1.85. The monoisotopic (exact) mass is 291 g/mol. The van der Waals surface area contributed by atoms with Crippen LogP contribution in [0.25, 0.3) is 11.5 Å². The molecule has 21 heavy (non-hydrogen) atoms. The van der Waals surface area contributed by atoms with Gasteiger partial charge in [-0.1, -0.05) is 5.16 Å². The Morgan fingerprint density at radius 2 is 2.05 bits per heavy atom. The maximum atomic E-state index is 9.04. The minimum absolute atomic E-state index is 0.214. The lowest BCUT2D eigenvalue weighted by Gasteiger charge is -2.26. The lowest BCUT2D eigenvalue weighted by Crippen LogP contribution is -2.31. The van der Waals surface area contributed by atoms with Gasteiger partial charge in [0.1, 0.15) is 6.61 Å². The van der Waals surface area contributed by atoms with Gasteiger partial charge >= 0.3 is 6.01 Å². The van der Waals surface area contributed by atoms with Gasteiger partial charge in [-0.15, -0.1) is 0 Å². The summed E-state index contributed by atoms with van der Waals surface area (Å²) in [6.45, 7) is 1.63. The van der Waals surface area contributed by atoms with Crippen molar-refractivity contribution in [3.63, 3.8) is 0 Å². The second kappa shape index (κ2) is 6.04. The fraction of sp³-hybridized carbons (Fsp3) is 0.538. The number of rotatable bonds is 4. The van der Waals surface area contributed by atoms with Crippen molar-refractivity contribution >= 4 is 5.95 Å². The lowest BCUT2D eigenvalue weighted by molar-refractivity contribution is 0.229. The topological polar surface area (TPSA) is 97.4 Å². The van der Waals surface area contributed by atoms with Crippen LogP contribution in [-0.2, 0) is 6.61 Å². The third-order valence-corrected chi connectivity index (χ3v) is 3.37. The van der Waals surface area contributed by atoms with Crippen molar-refractivity contribution in [3.8, 4) is 17.5 Å². The number of anilines is 1. The van der Waals surface area contributed by atoms with Crippen LogP contribution >= 0.6 is 0 Å². The zero-order valence-electron chi connectivity index (χ0n) is 11.8. The Labute approximate surface area is 121 Å². The first-order valence-corrected chi connectivity index (χ1v) is 6.92. The Bertz CT molecular complexity index is 610. The third-order valence-electron chi connectivity index (χ3n) is 3.37. The van der Waals surface area contributed by atoms with Crippen molar-refractivity contribution in [2.45, 2.75) is 25.9 Å². The molecule has 0 atom stereocenters. The van der Waals surface area contributed by atoms with Crippen LogP contribution in [0, 0.1) is 0 Å². The number of ether oxygens (including phenoxy) is 1. The van der Waals surface area contributed by atoms with E-state index in [1.807, 2.05) is 0 Å². The maximum Gasteiger partial charge on any atom is 0.321 e. The first kappa shape index (κ1) is 13.7. The summed E-state index contributed by atoms with van der Waals surface area (Å²) >= 11 is 0. The molecule has 2 aromatic rings. The van der Waals surface area contributed by atoms with E-state index < -0.39 is 0 Å². The van der Waals surface area contributed by atoms with Crippen molar-refractivity contribution < 1.29 is 14.4 Å². The van der Waals surface area contributed by atoms with E-state index >= 15 is 0 Å². The highest BCUT2D eigenvalue weighted by Crippen LogP contribution is 2.22. The van der Waals surface area contributed by atoms with Gasteiger partial charge in [0.2, 0.25) is 5.95 Å². The molecule has 3 heterocycles. The molecule has 8 heteroatoms. The van der Waals surface area contributed by atoms with Gasteiger partial charge in [-0.2, -0.15) is 15.0 Å². The number of methoxy groups -OCH3 is 1. The Morgan fingerprint density at radius 3 is 2.71 bits per heavy atom. The average molecular weight is 291 g/mol. The highest BCUT2D eigenvalue weighted by Gasteiger charge is 2.18. The number of hydrogen-bond donors (Lipinski definition) is 1. The van der Waals surface area contributed by atoms with Gasteiger partial charge in [-0.05, 0) is 19.3 Å². The van der Waals surface area contributed by atoms with Crippen LogP contribution in [-0.4, -0.2) is 45.4 Å². The SMILES string of the molecule is COc1nc(-c2cc(CO)on2)nc(N2CCCCC2)n1. The van der Waals surface area contributed by atoms with Crippen molar-refractivity contribution in [1.29, 1.82) is 0 Å². The molecule has 0 spiro atoms. The van der Waals surface area contributed by atoms with Crippen molar-refractivity contribution in [2.24, 2.45) is 0 Å². The van der Waals surface area contributed by atoms with Crippen molar-refractivity contribution in [1.82, 2.24) is 20.1 Å². The molecule has 0 radical (unpaired) electrons. The smallest absolute Gasteiger partial charge is 0.321 e. The molecule has 0 aliphatic carbocycles. The van der Waals surface area contributed by atoms with E-state index in [1.165, 1.54) is 13.5 Å². The van der Waals surface area contributed by atoms with E-state index in [2.05, 4.69) is 25.0 Å². The number of aromatic nitrogens is 4. The van der Waals surface area contributed by atoms with Crippen LogP contribution in [0.4, 0.5) is 5.95 Å². The first-order chi connectivity index (χ1) is 10.3. The molecule has 1 aliphatic heterocycles. The molecule has 1 fully saturated rings. The first-order valence-electron chi connectivity index (χ1n) is 6.92. The van der Waals surface area contributed by atoms with Crippen LogP contribution in [0.15, 0.2) is 10.6 Å². The Kier molecular flexibility index (Phi) is 3.96. The minimum atomic E-state index is -0.214. The predicted molar refractivity (Wildman–Crippen MR) is 73.9 cm³/mol. The fourth-order valence-electron chi connectivity index (χ4n) is 2.28. The van der Waals surface area contributed by atoms with E-state index in [0.717, 1.165) is 25.9 Å². The van der Waals surface area contributed by atoms with Gasteiger partial charge in [-0.3, -0.25) is 0 Å². The highest BCUT2D eigenvalue weighted by atomic mass is 16.5. The predicted octanol–water partition coefficient (Wildman–Crippen LogP) is 1.02. The molecule has 3 rings (SSSR count). The quantitative estimate of drug-likeness (QED) is 0.891. The van der Waals surface area contributed by atoms with E-state index in [9.17, 15) is 0 Å². The van der Waals surface area contributed by atoms with Crippen LogP contribution in [0.3, 0.4) is 0 Å². The molecule has 0 aromatic carbocycles. The van der Waals surface area contributed by atoms with Gasteiger partial charge < -0.3 is 19.3 Å². The van der Waals surface area contributed by atoms with Crippen molar-refractivity contribution in [3.05, 3.63) is 11.8 Å². The zero-order chi connectivity index (χ0) is 14.7. The van der Waals surface area contributed by atoms with Crippen molar-refractivity contribution in [2.75, 3.05) is 25.1 Å². The number of hydrogen-bond acceptors (Lipinski definition) is 8. The summed E-state index contributed by atoms with van der Waals surface area (Å²) in [7, 11) is 1.51. The third kappa shape index (κ3) is 2.94. The molecule has 1 aliphatic rings.